The van der Waals surface area contributed by atoms with Crippen LogP contribution >= 0.6 is 0 Å². The summed E-state index contributed by atoms with van der Waals surface area (Å²) >= 11 is 0. The van der Waals surface area contributed by atoms with Crippen LogP contribution in [-0.2, 0) is 14.6 Å². The van der Waals surface area contributed by atoms with E-state index in [1.54, 1.807) is 6.92 Å². The minimum atomic E-state index is -3.85. The quantitative estimate of drug-likeness (QED) is 0.107. The van der Waals surface area contributed by atoms with Crippen molar-refractivity contribution in [2.45, 2.75) is 38.1 Å². The Hall–Kier alpha value is -4.33. The van der Waals surface area contributed by atoms with E-state index in [-0.39, 0.29) is 71.0 Å². The number of ether oxygens (including phenoxy) is 3. The number of azo groups is 1. The van der Waals surface area contributed by atoms with Crippen LogP contribution in [0, 0.1) is 18.3 Å². The molecular weight excluding hydrogens is 638 g/mol. The summed E-state index contributed by atoms with van der Waals surface area (Å²) in [6.45, 7) is 8.76. The first kappa shape index (κ1) is 38.1. The zero-order chi connectivity index (χ0) is 35.3. The molecule has 0 bridgehead atoms. The third-order valence-corrected chi connectivity index (χ3v) is 9.05. The van der Waals surface area contributed by atoms with Crippen molar-refractivity contribution in [1.82, 2.24) is 9.88 Å². The van der Waals surface area contributed by atoms with E-state index in [0.717, 1.165) is 5.69 Å². The van der Waals surface area contributed by atoms with Crippen molar-refractivity contribution >= 4 is 38.5 Å². The number of benzene rings is 2. The first-order chi connectivity index (χ1) is 22.9. The Kier molecular flexibility index (Phi) is 14.1. The molecule has 4 N–H and O–H groups in total. The molecule has 15 heteroatoms. The average Bonchev–Trinajstić information content (AvgIpc) is 3.05. The average molecular weight is 684 g/mol. The van der Waals surface area contributed by atoms with Crippen LogP contribution < -0.4 is 20.1 Å². The molecule has 1 heterocycles. The molecule has 3 rings (SSSR count). The summed E-state index contributed by atoms with van der Waals surface area (Å²) in [7, 11) is -1.09. The molecule has 0 unspecified atom stereocenters. The lowest BCUT2D eigenvalue weighted by atomic mass is 10.1. The number of methoxy groups -OCH3 is 2. The number of hydrogen-bond donors (Lipinski definition) is 4. The minimum Gasteiger partial charge on any atom is -0.495 e. The van der Waals surface area contributed by atoms with Crippen molar-refractivity contribution < 1.29 is 32.8 Å². The molecule has 0 saturated heterocycles. The van der Waals surface area contributed by atoms with Gasteiger partial charge in [0.1, 0.15) is 39.7 Å². The maximum Gasteiger partial charge on any atom is 0.183 e. The monoisotopic (exact) mass is 683 g/mol. The molecule has 14 nitrogen and oxygen atoms in total. The molecule has 0 spiro atoms. The topological polar surface area (TPSA) is 191 Å². The lowest BCUT2D eigenvalue weighted by Gasteiger charge is -2.35. The van der Waals surface area contributed by atoms with Gasteiger partial charge in [-0.15, -0.1) is 10.2 Å². The number of anilines is 3. The molecule has 0 fully saturated rings. The normalized spacial score (nSPS) is 11.9. The van der Waals surface area contributed by atoms with Gasteiger partial charge in [0.15, 0.2) is 15.7 Å². The lowest BCUT2D eigenvalue weighted by molar-refractivity contribution is 0.0992. The number of nitrogens with zero attached hydrogens (tertiary/aromatic N) is 5. The highest BCUT2D eigenvalue weighted by Crippen LogP contribution is 2.41. The zero-order valence-electron chi connectivity index (χ0n) is 28.3. The Balaban J connectivity index is 2.05. The van der Waals surface area contributed by atoms with Gasteiger partial charge in [-0.2, -0.15) is 5.26 Å². The van der Waals surface area contributed by atoms with Gasteiger partial charge in [0, 0.05) is 48.6 Å². The molecule has 48 heavy (non-hydrogen) atoms. The smallest absolute Gasteiger partial charge is 0.183 e. The summed E-state index contributed by atoms with van der Waals surface area (Å²) in [5, 5.41) is 43.7. The third kappa shape index (κ3) is 10.1. The lowest BCUT2D eigenvalue weighted by Crippen LogP contribution is -2.45. The van der Waals surface area contributed by atoms with Crippen LogP contribution in [-0.4, -0.2) is 100 Å². The first-order valence-corrected chi connectivity index (χ1v) is 17.0. The van der Waals surface area contributed by atoms with E-state index in [1.165, 1.54) is 26.4 Å². The Labute approximate surface area is 282 Å². The van der Waals surface area contributed by atoms with Crippen molar-refractivity contribution in [2.24, 2.45) is 10.2 Å². The van der Waals surface area contributed by atoms with Crippen LogP contribution in [0.1, 0.15) is 31.9 Å². The van der Waals surface area contributed by atoms with E-state index in [0.29, 0.717) is 36.9 Å². The van der Waals surface area contributed by atoms with Crippen LogP contribution in [0.3, 0.4) is 0 Å². The maximum absolute atomic E-state index is 13.5. The number of para-hydroxylation sites is 1. The SMILES string of the molecule is COc1cc(S(=O)(=O)CCN(CCO)C(C)(C)C)c(OC)cc1N=Nc1c(Nc2ccccc2)nc(NCCOCCO)c(C#N)c1C. The minimum absolute atomic E-state index is 0.0619. The number of nitrogens with one attached hydrogen (secondary N) is 2. The van der Waals surface area contributed by atoms with Gasteiger partial charge >= 0.3 is 0 Å². The Morgan fingerprint density at radius 1 is 0.979 bits per heavy atom. The number of aromatic nitrogens is 1. The number of sulfone groups is 1. The second-order valence-electron chi connectivity index (χ2n) is 11.6. The predicted molar refractivity (Wildman–Crippen MR) is 184 cm³/mol. The van der Waals surface area contributed by atoms with Crippen LogP contribution in [0.4, 0.5) is 28.7 Å². The fourth-order valence-corrected chi connectivity index (χ4v) is 6.17. The van der Waals surface area contributed by atoms with Crippen molar-refractivity contribution in [1.29, 1.82) is 5.26 Å². The fourth-order valence-electron chi connectivity index (χ4n) is 4.76. The summed E-state index contributed by atoms with van der Waals surface area (Å²) in [4.78, 5) is 6.50. The van der Waals surface area contributed by atoms with Crippen LogP contribution in [0.2, 0.25) is 0 Å². The van der Waals surface area contributed by atoms with Gasteiger partial charge in [0.2, 0.25) is 0 Å². The van der Waals surface area contributed by atoms with E-state index in [1.807, 2.05) is 56.0 Å². The highest BCUT2D eigenvalue weighted by atomic mass is 32.2. The van der Waals surface area contributed by atoms with Crippen LogP contribution in [0.15, 0.2) is 57.6 Å². The Bertz CT molecular complexity index is 1690. The largest absolute Gasteiger partial charge is 0.495 e. The molecule has 1 aromatic heterocycles. The van der Waals surface area contributed by atoms with E-state index in [4.69, 9.17) is 19.3 Å². The number of nitriles is 1. The maximum atomic E-state index is 13.5. The number of aliphatic hydroxyl groups is 2. The summed E-state index contributed by atoms with van der Waals surface area (Å²) < 4.78 is 43.5. The Morgan fingerprint density at radius 2 is 1.69 bits per heavy atom. The van der Waals surface area contributed by atoms with Crippen molar-refractivity contribution in [2.75, 3.05) is 76.7 Å². The van der Waals surface area contributed by atoms with Gasteiger partial charge < -0.3 is 35.1 Å². The van der Waals surface area contributed by atoms with Gasteiger partial charge in [-0.05, 0) is 39.8 Å². The standard InChI is InChI=1S/C33H45N7O7S/c1-23-25(22-34)31(35-12-17-47-18-16-42)37-32(36-24-10-8-7-9-11-24)30(23)39-38-26-20-28(46-6)29(21-27(26)45-5)48(43,44)19-14-40(13-15-41)33(2,3)4/h7-11,20-21,41-42H,12-19H2,1-6H3,(H2,35,36,37). The molecule has 0 aliphatic carbocycles. The van der Waals surface area contributed by atoms with E-state index in [9.17, 15) is 18.8 Å². The highest BCUT2D eigenvalue weighted by Gasteiger charge is 2.27. The second kappa shape index (κ2) is 17.7. The summed E-state index contributed by atoms with van der Waals surface area (Å²) in [5.41, 5.74) is 1.59. The predicted octanol–water partition coefficient (Wildman–Crippen LogP) is 4.73. The molecule has 0 aliphatic rings. The van der Waals surface area contributed by atoms with Crippen molar-refractivity contribution in [3.63, 3.8) is 0 Å². The number of pyridine rings is 1. The molecule has 0 radical (unpaired) electrons. The molecule has 0 saturated carbocycles. The molecule has 0 aliphatic heterocycles. The molecule has 0 amide bonds. The highest BCUT2D eigenvalue weighted by molar-refractivity contribution is 7.91. The zero-order valence-corrected chi connectivity index (χ0v) is 29.1. The number of β-amino-alcohol motifs (C(OH)–C–C–N with tert-alkyl or cyclic N) is 1. The summed E-state index contributed by atoms with van der Waals surface area (Å²) in [6.07, 6.45) is 0. The van der Waals surface area contributed by atoms with Gasteiger partial charge in [-0.25, -0.2) is 13.4 Å². The molecule has 3 aromatic rings. The van der Waals surface area contributed by atoms with Gasteiger partial charge in [0.25, 0.3) is 0 Å². The van der Waals surface area contributed by atoms with Crippen LogP contribution in [0.5, 0.6) is 11.5 Å². The number of hydrogen-bond acceptors (Lipinski definition) is 14. The van der Waals surface area contributed by atoms with Crippen LogP contribution in [0.25, 0.3) is 0 Å². The molecule has 2 aromatic carbocycles. The number of aliphatic hydroxyl groups excluding tert-OH is 2. The van der Waals surface area contributed by atoms with Gasteiger partial charge in [0.05, 0.1) is 52.0 Å². The van der Waals surface area contributed by atoms with Crippen molar-refractivity contribution in [3.05, 3.63) is 53.6 Å². The van der Waals surface area contributed by atoms with Gasteiger partial charge in [-0.3, -0.25) is 4.90 Å². The number of rotatable bonds is 18. The van der Waals surface area contributed by atoms with Gasteiger partial charge in [-0.1, -0.05) is 18.2 Å². The van der Waals surface area contributed by atoms with E-state index < -0.39 is 9.84 Å². The first-order valence-electron chi connectivity index (χ1n) is 15.4. The molecule has 260 valence electrons. The summed E-state index contributed by atoms with van der Waals surface area (Å²) in [6, 6.07) is 14.3. The second-order valence-corrected chi connectivity index (χ2v) is 13.7. The molecular formula is C33H45N7O7S. The Morgan fingerprint density at radius 3 is 2.29 bits per heavy atom. The van der Waals surface area contributed by atoms with E-state index >= 15 is 0 Å². The van der Waals surface area contributed by atoms with Crippen molar-refractivity contribution in [3.8, 4) is 17.6 Å². The third-order valence-electron chi connectivity index (χ3n) is 7.34. The fraction of sp³-hybridized carbons (Fsp3) is 0.455. The summed E-state index contributed by atoms with van der Waals surface area (Å²) in [5.74, 6) is 0.627. The molecule has 0 atom stereocenters. The van der Waals surface area contributed by atoms with E-state index in [2.05, 4.69) is 31.9 Å².